The number of rotatable bonds is 1. The molecular weight excluding hydrogens is 114 g/mol. The van der Waals surface area contributed by atoms with Gasteiger partial charge in [-0.1, -0.05) is 6.08 Å². The maximum absolute atomic E-state index is 10.1. The molecule has 0 bridgehead atoms. The van der Waals surface area contributed by atoms with Crippen molar-refractivity contribution in [1.29, 1.82) is 0 Å². The first-order valence-electron chi connectivity index (χ1n) is 1.82. The molecule has 0 fully saturated rings. The zero-order valence-corrected chi connectivity index (χ0v) is 4.40. The summed E-state index contributed by atoms with van der Waals surface area (Å²) in [4.78, 5) is 0.368. The van der Waals surface area contributed by atoms with Crippen LogP contribution in [0.3, 0.4) is 0 Å². The molecule has 0 aromatic carbocycles. The fraction of sp³-hybridized carbons (Fsp3) is 0.333. The van der Waals surface area contributed by atoms with Gasteiger partial charge in [-0.2, -0.15) is 0 Å². The molecule has 0 aliphatic heterocycles. The second kappa shape index (κ2) is 1.08. The van der Waals surface area contributed by atoms with Crippen LogP contribution in [-0.2, 0) is 10.0 Å². The van der Waals surface area contributed by atoms with Gasteiger partial charge in [0.25, 0.3) is 0 Å². The molecule has 2 N–H and O–H groups in total. The smallest absolute Gasteiger partial charge is 0.225 e. The fourth-order valence-corrected chi connectivity index (χ4v) is 0.822. The number of primary sulfonamides is 1. The summed E-state index contributed by atoms with van der Waals surface area (Å²) >= 11 is 0. The number of hydrogen-bond donors (Lipinski definition) is 1. The predicted octanol–water partition coefficient (Wildman–Crippen LogP) is -0.437. The lowest BCUT2D eigenvalue weighted by Gasteiger charge is -1.80. The van der Waals surface area contributed by atoms with E-state index in [1.807, 2.05) is 0 Å². The molecule has 0 aromatic heterocycles. The van der Waals surface area contributed by atoms with E-state index in [1.165, 1.54) is 0 Å². The maximum Gasteiger partial charge on any atom is 0.234 e. The van der Waals surface area contributed by atoms with E-state index in [-0.39, 0.29) is 0 Å². The Bertz CT molecular complexity index is 201. The van der Waals surface area contributed by atoms with Crippen molar-refractivity contribution in [2.45, 2.75) is 6.42 Å². The lowest BCUT2D eigenvalue weighted by Crippen LogP contribution is -2.08. The number of sulfonamides is 1. The van der Waals surface area contributed by atoms with Crippen LogP contribution in [0, 0.1) is 0 Å². The van der Waals surface area contributed by atoms with E-state index in [1.54, 1.807) is 6.08 Å². The normalized spacial score (nSPS) is 18.7. The topological polar surface area (TPSA) is 60.2 Å². The molecule has 0 radical (unpaired) electrons. The first kappa shape index (κ1) is 4.80. The predicted molar refractivity (Wildman–Crippen MR) is 25.8 cm³/mol. The Kier molecular flexibility index (Phi) is 0.739. The van der Waals surface area contributed by atoms with Gasteiger partial charge < -0.3 is 0 Å². The summed E-state index contributed by atoms with van der Waals surface area (Å²) in [6.45, 7) is 0. The largest absolute Gasteiger partial charge is 0.234 e. The van der Waals surface area contributed by atoms with Crippen molar-refractivity contribution >= 4 is 10.0 Å². The third-order valence-corrected chi connectivity index (χ3v) is 1.80. The van der Waals surface area contributed by atoms with Crippen LogP contribution in [0.4, 0.5) is 0 Å². The standard InChI is InChI=1S/C3H5NO2S/c4-7(5,6)3-1-2-3/h1H,2H2,(H2,4,5,6). The lowest BCUT2D eigenvalue weighted by molar-refractivity contribution is 0.604. The van der Waals surface area contributed by atoms with Gasteiger partial charge >= 0.3 is 0 Å². The van der Waals surface area contributed by atoms with Gasteiger partial charge in [0.05, 0.1) is 4.91 Å². The van der Waals surface area contributed by atoms with Gasteiger partial charge in [-0.3, -0.25) is 0 Å². The number of nitrogens with two attached hydrogens (primary N) is 1. The Hall–Kier alpha value is -0.350. The summed E-state index contributed by atoms with van der Waals surface area (Å²) in [5.41, 5.74) is 0. The zero-order valence-electron chi connectivity index (χ0n) is 3.59. The number of allylic oxidation sites excluding steroid dienone is 2. The third-order valence-electron chi connectivity index (χ3n) is 0.736. The Morgan fingerprint density at radius 2 is 2.14 bits per heavy atom. The van der Waals surface area contributed by atoms with Gasteiger partial charge in [-0.15, -0.1) is 0 Å². The van der Waals surface area contributed by atoms with E-state index < -0.39 is 10.0 Å². The minimum Gasteiger partial charge on any atom is -0.225 e. The molecular formula is C3H5NO2S. The molecule has 1 aliphatic rings. The fourth-order valence-electron chi connectivity index (χ4n) is 0.274. The maximum atomic E-state index is 10.1. The molecule has 1 aliphatic carbocycles. The minimum atomic E-state index is -3.27. The van der Waals surface area contributed by atoms with Crippen LogP contribution in [0.5, 0.6) is 0 Å². The molecule has 0 atom stereocenters. The molecule has 0 aromatic rings. The second-order valence-electron chi connectivity index (χ2n) is 1.42. The molecule has 40 valence electrons. The molecule has 4 heteroatoms. The average Bonchev–Trinajstić information content (AvgIpc) is 1.99. The highest BCUT2D eigenvalue weighted by atomic mass is 32.2. The Labute approximate surface area is 41.9 Å². The first-order valence-corrected chi connectivity index (χ1v) is 3.37. The Balaban J connectivity index is 2.93. The van der Waals surface area contributed by atoms with Crippen molar-refractivity contribution in [2.24, 2.45) is 5.14 Å². The molecule has 0 saturated carbocycles. The Morgan fingerprint density at radius 1 is 1.71 bits per heavy atom. The monoisotopic (exact) mass is 119 g/mol. The second-order valence-corrected chi connectivity index (χ2v) is 3.03. The SMILES string of the molecule is NS(=O)(=O)C1=CC1. The summed E-state index contributed by atoms with van der Waals surface area (Å²) in [5, 5.41) is 4.64. The third kappa shape index (κ3) is 1.01. The van der Waals surface area contributed by atoms with Crippen LogP contribution in [0.25, 0.3) is 0 Å². The van der Waals surface area contributed by atoms with E-state index in [9.17, 15) is 8.42 Å². The number of hydrogen-bond acceptors (Lipinski definition) is 2. The van der Waals surface area contributed by atoms with Crippen molar-refractivity contribution in [1.82, 2.24) is 0 Å². The van der Waals surface area contributed by atoms with Crippen LogP contribution in [0.15, 0.2) is 11.0 Å². The van der Waals surface area contributed by atoms with E-state index in [2.05, 4.69) is 5.14 Å². The van der Waals surface area contributed by atoms with Crippen molar-refractivity contribution in [2.75, 3.05) is 0 Å². The van der Waals surface area contributed by atoms with Gasteiger partial charge in [0.2, 0.25) is 10.0 Å². The quantitative estimate of drug-likeness (QED) is 0.508. The van der Waals surface area contributed by atoms with Crippen LogP contribution in [0.2, 0.25) is 0 Å². The van der Waals surface area contributed by atoms with Crippen LogP contribution >= 0.6 is 0 Å². The van der Waals surface area contributed by atoms with Crippen molar-refractivity contribution < 1.29 is 8.42 Å². The molecule has 0 spiro atoms. The van der Waals surface area contributed by atoms with Crippen LogP contribution in [-0.4, -0.2) is 8.42 Å². The molecule has 7 heavy (non-hydrogen) atoms. The molecule has 0 unspecified atom stereocenters. The molecule has 1 rings (SSSR count). The van der Waals surface area contributed by atoms with E-state index in [0.717, 1.165) is 0 Å². The summed E-state index contributed by atoms with van der Waals surface area (Å²) in [6.07, 6.45) is 2.13. The Morgan fingerprint density at radius 3 is 2.14 bits per heavy atom. The summed E-state index contributed by atoms with van der Waals surface area (Å²) in [5.74, 6) is 0. The van der Waals surface area contributed by atoms with Crippen LogP contribution in [0.1, 0.15) is 6.42 Å². The average molecular weight is 119 g/mol. The minimum absolute atomic E-state index is 0.368. The van der Waals surface area contributed by atoms with Gasteiger partial charge in [-0.25, -0.2) is 13.6 Å². The lowest BCUT2D eigenvalue weighted by atomic mass is 10.9. The van der Waals surface area contributed by atoms with Gasteiger partial charge in [0, 0.05) is 6.42 Å². The van der Waals surface area contributed by atoms with Gasteiger partial charge in [0.15, 0.2) is 0 Å². The van der Waals surface area contributed by atoms with Crippen molar-refractivity contribution in [3.63, 3.8) is 0 Å². The summed E-state index contributed by atoms with van der Waals surface area (Å²) in [7, 11) is -3.27. The molecule has 0 saturated heterocycles. The zero-order chi connectivity index (χ0) is 5.49. The molecule has 0 heterocycles. The highest BCUT2D eigenvalue weighted by Crippen LogP contribution is 2.21. The van der Waals surface area contributed by atoms with Crippen molar-refractivity contribution in [3.05, 3.63) is 11.0 Å². The summed E-state index contributed by atoms with van der Waals surface area (Å²) < 4.78 is 20.2. The van der Waals surface area contributed by atoms with Gasteiger partial charge in [0.1, 0.15) is 0 Å². The molecule has 3 nitrogen and oxygen atoms in total. The van der Waals surface area contributed by atoms with E-state index in [0.29, 0.717) is 11.3 Å². The van der Waals surface area contributed by atoms with Crippen molar-refractivity contribution in [3.8, 4) is 0 Å². The van der Waals surface area contributed by atoms with Gasteiger partial charge in [-0.05, 0) is 0 Å². The van der Waals surface area contributed by atoms with E-state index >= 15 is 0 Å². The summed E-state index contributed by atoms with van der Waals surface area (Å²) in [6, 6.07) is 0. The van der Waals surface area contributed by atoms with Crippen LogP contribution < -0.4 is 5.14 Å². The highest BCUT2D eigenvalue weighted by molar-refractivity contribution is 7.93. The highest BCUT2D eigenvalue weighted by Gasteiger charge is 2.18. The molecule has 0 amide bonds. The first-order chi connectivity index (χ1) is 3.11. The van der Waals surface area contributed by atoms with E-state index in [4.69, 9.17) is 0 Å².